The highest BCUT2D eigenvalue weighted by Gasteiger charge is 2.08. The molecule has 0 unspecified atom stereocenters. The van der Waals surface area contributed by atoms with Crippen LogP contribution in [0.4, 0.5) is 0 Å². The van der Waals surface area contributed by atoms with Crippen molar-refractivity contribution >= 4 is 11.8 Å². The molecular formula is C16H15NOS. The monoisotopic (exact) mass is 269 g/mol. The second-order valence-corrected chi connectivity index (χ2v) is 5.38. The Morgan fingerprint density at radius 3 is 2.37 bits per heavy atom. The minimum absolute atomic E-state index is 0.563. The maximum Gasteiger partial charge on any atom is 0.137 e. The number of methoxy groups -OCH3 is 1. The molecule has 96 valence electrons. The number of aryl methyl sites for hydroxylation is 2. The Balaban J connectivity index is 2.37. The van der Waals surface area contributed by atoms with Gasteiger partial charge in [-0.2, -0.15) is 5.26 Å². The number of hydrogen-bond acceptors (Lipinski definition) is 3. The van der Waals surface area contributed by atoms with E-state index in [0.717, 1.165) is 4.90 Å². The van der Waals surface area contributed by atoms with Crippen LogP contribution in [0.5, 0.6) is 5.75 Å². The summed E-state index contributed by atoms with van der Waals surface area (Å²) in [4.78, 5) is 2.34. The molecule has 19 heavy (non-hydrogen) atoms. The van der Waals surface area contributed by atoms with Crippen LogP contribution >= 0.6 is 11.8 Å². The quantitative estimate of drug-likeness (QED) is 0.831. The van der Waals surface area contributed by atoms with Crippen LogP contribution in [0.1, 0.15) is 16.7 Å². The zero-order valence-corrected chi connectivity index (χ0v) is 12.0. The van der Waals surface area contributed by atoms with Crippen molar-refractivity contribution in [3.63, 3.8) is 0 Å². The van der Waals surface area contributed by atoms with E-state index in [0.29, 0.717) is 11.3 Å². The summed E-state index contributed by atoms with van der Waals surface area (Å²) in [5, 5.41) is 8.98. The highest BCUT2D eigenvalue weighted by atomic mass is 32.2. The Hall–Kier alpha value is -1.92. The second kappa shape index (κ2) is 5.81. The van der Waals surface area contributed by atoms with Gasteiger partial charge in [0.25, 0.3) is 0 Å². The fourth-order valence-corrected chi connectivity index (χ4v) is 2.90. The lowest BCUT2D eigenvalue weighted by atomic mass is 10.2. The zero-order chi connectivity index (χ0) is 13.8. The van der Waals surface area contributed by atoms with Crippen LogP contribution in [0.25, 0.3) is 0 Å². The molecule has 2 rings (SSSR count). The van der Waals surface area contributed by atoms with Crippen molar-refractivity contribution in [2.45, 2.75) is 23.6 Å². The summed E-state index contributed by atoms with van der Waals surface area (Å²) < 4.78 is 5.24. The summed E-state index contributed by atoms with van der Waals surface area (Å²) in [5.41, 5.74) is 3.08. The van der Waals surface area contributed by atoms with Gasteiger partial charge in [-0.1, -0.05) is 30.0 Å². The van der Waals surface area contributed by atoms with Crippen molar-refractivity contribution in [3.8, 4) is 11.8 Å². The van der Waals surface area contributed by atoms with E-state index in [1.54, 1.807) is 24.9 Å². The molecule has 0 saturated carbocycles. The van der Waals surface area contributed by atoms with E-state index in [2.05, 4.69) is 38.1 Å². The molecule has 2 aromatic rings. The molecule has 0 radical (unpaired) electrons. The minimum Gasteiger partial charge on any atom is -0.495 e. The second-order valence-electron chi connectivity index (χ2n) is 4.30. The summed E-state index contributed by atoms with van der Waals surface area (Å²) in [5.74, 6) is 0.624. The molecule has 0 aliphatic carbocycles. The smallest absolute Gasteiger partial charge is 0.137 e. The molecule has 0 aliphatic heterocycles. The normalized spacial score (nSPS) is 10.0. The standard InChI is InChI=1S/C16H15NOS/c1-11-5-4-6-12(2)16(11)19-14-8-7-13(10-17)15(9-14)18-3/h4-9H,1-3H3. The third kappa shape index (κ3) is 2.91. The number of rotatable bonds is 3. The fourth-order valence-electron chi connectivity index (χ4n) is 1.91. The van der Waals surface area contributed by atoms with Gasteiger partial charge in [0.2, 0.25) is 0 Å². The number of nitriles is 1. The molecule has 2 aromatic carbocycles. The van der Waals surface area contributed by atoms with Gasteiger partial charge in [0.1, 0.15) is 11.8 Å². The molecule has 0 spiro atoms. The van der Waals surface area contributed by atoms with Gasteiger partial charge in [0, 0.05) is 9.79 Å². The SMILES string of the molecule is COc1cc(Sc2c(C)cccc2C)ccc1C#N. The predicted molar refractivity (Wildman–Crippen MR) is 77.7 cm³/mol. The van der Waals surface area contributed by atoms with Gasteiger partial charge < -0.3 is 4.74 Å². The van der Waals surface area contributed by atoms with Gasteiger partial charge in [-0.25, -0.2) is 0 Å². The summed E-state index contributed by atoms with van der Waals surface area (Å²) >= 11 is 1.70. The first-order valence-corrected chi connectivity index (χ1v) is 6.79. The number of benzene rings is 2. The van der Waals surface area contributed by atoms with Gasteiger partial charge in [-0.3, -0.25) is 0 Å². The topological polar surface area (TPSA) is 33.0 Å². The molecule has 0 aromatic heterocycles. The zero-order valence-electron chi connectivity index (χ0n) is 11.2. The van der Waals surface area contributed by atoms with E-state index in [-0.39, 0.29) is 0 Å². The van der Waals surface area contributed by atoms with Crippen molar-refractivity contribution in [1.82, 2.24) is 0 Å². The van der Waals surface area contributed by atoms with Crippen molar-refractivity contribution in [3.05, 3.63) is 53.1 Å². The van der Waals surface area contributed by atoms with Crippen LogP contribution in [0.3, 0.4) is 0 Å². The van der Waals surface area contributed by atoms with E-state index in [1.807, 2.05) is 12.1 Å². The van der Waals surface area contributed by atoms with Gasteiger partial charge >= 0.3 is 0 Å². The van der Waals surface area contributed by atoms with E-state index in [9.17, 15) is 0 Å². The Morgan fingerprint density at radius 2 is 1.79 bits per heavy atom. The Labute approximate surface area is 118 Å². The van der Waals surface area contributed by atoms with Gasteiger partial charge in [-0.15, -0.1) is 0 Å². The first-order chi connectivity index (χ1) is 9.15. The molecule has 0 atom stereocenters. The number of hydrogen-bond donors (Lipinski definition) is 0. The molecule has 0 bridgehead atoms. The maximum atomic E-state index is 8.98. The average molecular weight is 269 g/mol. The third-order valence-electron chi connectivity index (χ3n) is 2.92. The number of ether oxygens (including phenoxy) is 1. The van der Waals surface area contributed by atoms with Crippen LogP contribution in [0, 0.1) is 25.2 Å². The lowest BCUT2D eigenvalue weighted by Crippen LogP contribution is -1.89. The van der Waals surface area contributed by atoms with Crippen LogP contribution in [-0.4, -0.2) is 7.11 Å². The van der Waals surface area contributed by atoms with Crippen LogP contribution in [0.2, 0.25) is 0 Å². The summed E-state index contributed by atoms with van der Waals surface area (Å²) in [6.07, 6.45) is 0. The van der Waals surface area contributed by atoms with E-state index >= 15 is 0 Å². The van der Waals surface area contributed by atoms with Gasteiger partial charge in [0.15, 0.2) is 0 Å². The van der Waals surface area contributed by atoms with Crippen molar-refractivity contribution in [1.29, 1.82) is 5.26 Å². The lowest BCUT2D eigenvalue weighted by molar-refractivity contribution is 0.412. The molecule has 0 aliphatic rings. The maximum absolute atomic E-state index is 8.98. The molecule has 0 heterocycles. The summed E-state index contributed by atoms with van der Waals surface area (Å²) in [6.45, 7) is 4.21. The first kappa shape index (κ1) is 13.5. The fraction of sp³-hybridized carbons (Fsp3) is 0.188. The molecule has 3 heteroatoms. The van der Waals surface area contributed by atoms with Crippen LogP contribution in [0.15, 0.2) is 46.2 Å². The van der Waals surface area contributed by atoms with Crippen LogP contribution in [-0.2, 0) is 0 Å². The molecular weight excluding hydrogens is 254 g/mol. The summed E-state index contributed by atoms with van der Waals surface area (Å²) in [7, 11) is 1.59. The Kier molecular flexibility index (Phi) is 4.13. The molecule has 0 N–H and O–H groups in total. The van der Waals surface area contributed by atoms with Crippen molar-refractivity contribution in [2.24, 2.45) is 0 Å². The molecule has 0 saturated heterocycles. The van der Waals surface area contributed by atoms with Crippen molar-refractivity contribution < 1.29 is 4.74 Å². The third-order valence-corrected chi connectivity index (χ3v) is 4.26. The molecule has 0 fully saturated rings. The number of nitrogens with zero attached hydrogens (tertiary/aromatic N) is 1. The molecule has 2 nitrogen and oxygen atoms in total. The van der Waals surface area contributed by atoms with Crippen molar-refractivity contribution in [2.75, 3.05) is 7.11 Å². The molecule has 0 amide bonds. The average Bonchev–Trinajstić information content (AvgIpc) is 2.42. The largest absolute Gasteiger partial charge is 0.495 e. The van der Waals surface area contributed by atoms with E-state index in [4.69, 9.17) is 10.00 Å². The van der Waals surface area contributed by atoms with Gasteiger partial charge in [-0.05, 0) is 43.2 Å². The van der Waals surface area contributed by atoms with E-state index < -0.39 is 0 Å². The van der Waals surface area contributed by atoms with Gasteiger partial charge in [0.05, 0.1) is 12.7 Å². The van der Waals surface area contributed by atoms with E-state index in [1.165, 1.54) is 16.0 Å². The Bertz CT molecular complexity index is 623. The Morgan fingerprint density at radius 1 is 1.11 bits per heavy atom. The predicted octanol–water partition coefficient (Wildman–Crippen LogP) is 4.33. The van der Waals surface area contributed by atoms with Crippen LogP contribution < -0.4 is 4.74 Å². The first-order valence-electron chi connectivity index (χ1n) is 5.98. The summed E-state index contributed by atoms with van der Waals surface area (Å²) in [6, 6.07) is 14.1. The minimum atomic E-state index is 0.563. The lowest BCUT2D eigenvalue weighted by Gasteiger charge is -2.10. The highest BCUT2D eigenvalue weighted by molar-refractivity contribution is 7.99. The highest BCUT2D eigenvalue weighted by Crippen LogP contribution is 2.35.